The molecule has 4 rings (SSSR count). The molecule has 2 N–H and O–H groups in total. The van der Waals surface area contributed by atoms with Crippen LogP contribution in [-0.4, -0.2) is 36.4 Å². The molecule has 0 bridgehead atoms. The molecule has 2 aliphatic rings. The Morgan fingerprint density at radius 2 is 1.94 bits per heavy atom. The van der Waals surface area contributed by atoms with Gasteiger partial charge in [-0.05, 0) is 54.0 Å². The SMILES string of the molecule is COc1ccc2c(c1)C1(CC2)NC(=O)N(CC(=O)NC(CC(C)C)c2ccccc2)C1=O. The second-order valence-electron chi connectivity index (χ2n) is 8.91. The Morgan fingerprint density at radius 3 is 2.62 bits per heavy atom. The Hall–Kier alpha value is -3.35. The molecule has 1 saturated heterocycles. The Labute approximate surface area is 188 Å². The molecule has 32 heavy (non-hydrogen) atoms. The van der Waals surface area contributed by atoms with Crippen LogP contribution in [0.5, 0.6) is 5.75 Å². The average molecular weight is 436 g/mol. The highest BCUT2D eigenvalue weighted by molar-refractivity contribution is 6.10. The summed E-state index contributed by atoms with van der Waals surface area (Å²) in [6.45, 7) is 3.87. The van der Waals surface area contributed by atoms with Gasteiger partial charge in [0.2, 0.25) is 5.91 Å². The van der Waals surface area contributed by atoms with Crippen LogP contribution in [-0.2, 0) is 21.5 Å². The van der Waals surface area contributed by atoms with Crippen LogP contribution in [0.15, 0.2) is 48.5 Å². The first-order valence-corrected chi connectivity index (χ1v) is 11.0. The fourth-order valence-electron chi connectivity index (χ4n) is 4.70. The molecule has 0 radical (unpaired) electrons. The number of benzene rings is 2. The van der Waals surface area contributed by atoms with Gasteiger partial charge in [0.1, 0.15) is 17.8 Å². The average Bonchev–Trinajstić information content (AvgIpc) is 3.26. The van der Waals surface area contributed by atoms with Gasteiger partial charge in [0, 0.05) is 0 Å². The lowest BCUT2D eigenvalue weighted by Gasteiger charge is -2.24. The molecule has 1 heterocycles. The zero-order valence-corrected chi connectivity index (χ0v) is 18.7. The van der Waals surface area contributed by atoms with Crippen molar-refractivity contribution >= 4 is 17.8 Å². The van der Waals surface area contributed by atoms with Gasteiger partial charge < -0.3 is 15.4 Å². The molecular formula is C25H29N3O4. The Kier molecular flexibility index (Phi) is 5.91. The highest BCUT2D eigenvalue weighted by atomic mass is 16.5. The van der Waals surface area contributed by atoms with E-state index < -0.39 is 11.6 Å². The third-order valence-electron chi connectivity index (χ3n) is 6.27. The van der Waals surface area contributed by atoms with Gasteiger partial charge in [0.05, 0.1) is 13.2 Å². The van der Waals surface area contributed by atoms with Crippen LogP contribution in [0.4, 0.5) is 4.79 Å². The zero-order valence-electron chi connectivity index (χ0n) is 18.7. The van der Waals surface area contributed by atoms with E-state index in [2.05, 4.69) is 24.5 Å². The van der Waals surface area contributed by atoms with Crippen molar-refractivity contribution in [1.29, 1.82) is 0 Å². The van der Waals surface area contributed by atoms with Crippen molar-refractivity contribution in [2.24, 2.45) is 5.92 Å². The number of ether oxygens (including phenoxy) is 1. The van der Waals surface area contributed by atoms with Gasteiger partial charge in [-0.15, -0.1) is 0 Å². The van der Waals surface area contributed by atoms with E-state index >= 15 is 0 Å². The van der Waals surface area contributed by atoms with E-state index in [0.29, 0.717) is 24.5 Å². The van der Waals surface area contributed by atoms with Crippen molar-refractivity contribution in [1.82, 2.24) is 15.5 Å². The van der Waals surface area contributed by atoms with E-state index in [-0.39, 0.29) is 24.4 Å². The van der Waals surface area contributed by atoms with Crippen molar-refractivity contribution in [2.45, 2.75) is 44.7 Å². The molecule has 1 fully saturated rings. The minimum Gasteiger partial charge on any atom is -0.497 e. The van der Waals surface area contributed by atoms with E-state index in [1.165, 1.54) is 0 Å². The number of methoxy groups -OCH3 is 1. The number of rotatable bonds is 7. The standard InChI is InChI=1S/C25H29N3O4/c1-16(2)13-21(18-7-5-4-6-8-18)26-22(29)15-28-23(30)25(27-24(28)31)12-11-17-9-10-19(32-3)14-20(17)25/h4-10,14,16,21H,11-13,15H2,1-3H3,(H,26,29)(H,27,31). The highest BCUT2D eigenvalue weighted by Gasteiger charge is 2.55. The van der Waals surface area contributed by atoms with Crippen LogP contribution >= 0.6 is 0 Å². The second kappa shape index (κ2) is 8.65. The van der Waals surface area contributed by atoms with E-state index in [0.717, 1.165) is 28.0 Å². The fourth-order valence-corrected chi connectivity index (χ4v) is 4.70. The van der Waals surface area contributed by atoms with Crippen LogP contribution < -0.4 is 15.4 Å². The van der Waals surface area contributed by atoms with Gasteiger partial charge in [-0.2, -0.15) is 0 Å². The lowest BCUT2D eigenvalue weighted by molar-refractivity contribution is -0.135. The number of amides is 4. The maximum absolute atomic E-state index is 13.4. The summed E-state index contributed by atoms with van der Waals surface area (Å²) < 4.78 is 5.31. The monoisotopic (exact) mass is 435 g/mol. The van der Waals surface area contributed by atoms with Crippen LogP contribution in [0, 0.1) is 5.92 Å². The fraction of sp³-hybridized carbons (Fsp3) is 0.400. The molecule has 2 aromatic rings. The number of carbonyl (C=O) groups excluding carboxylic acids is 3. The number of hydrogen-bond donors (Lipinski definition) is 2. The second-order valence-corrected chi connectivity index (χ2v) is 8.91. The summed E-state index contributed by atoms with van der Waals surface area (Å²) >= 11 is 0. The van der Waals surface area contributed by atoms with Gasteiger partial charge in [-0.3, -0.25) is 14.5 Å². The number of carbonyl (C=O) groups is 3. The van der Waals surface area contributed by atoms with Gasteiger partial charge in [-0.25, -0.2) is 4.79 Å². The maximum Gasteiger partial charge on any atom is 0.325 e. The summed E-state index contributed by atoms with van der Waals surface area (Å²) in [5, 5.41) is 5.88. The number of nitrogens with one attached hydrogen (secondary N) is 2. The summed E-state index contributed by atoms with van der Waals surface area (Å²) in [6.07, 6.45) is 1.90. The number of aryl methyl sites for hydroxylation is 1. The molecular weight excluding hydrogens is 406 g/mol. The molecule has 4 amide bonds. The zero-order chi connectivity index (χ0) is 22.9. The summed E-state index contributed by atoms with van der Waals surface area (Å²) in [4.78, 5) is 40.1. The quantitative estimate of drug-likeness (QED) is 0.654. The lowest BCUT2D eigenvalue weighted by atomic mass is 9.91. The predicted octanol–water partition coefficient (Wildman–Crippen LogP) is 3.29. The third-order valence-corrected chi connectivity index (χ3v) is 6.27. The number of hydrogen-bond acceptors (Lipinski definition) is 4. The Bertz CT molecular complexity index is 1040. The molecule has 2 unspecified atom stereocenters. The molecule has 0 aromatic heterocycles. The van der Waals surface area contributed by atoms with Crippen LogP contribution in [0.25, 0.3) is 0 Å². The molecule has 7 nitrogen and oxygen atoms in total. The first-order valence-electron chi connectivity index (χ1n) is 11.0. The topological polar surface area (TPSA) is 87.7 Å². The van der Waals surface area contributed by atoms with E-state index in [1.807, 2.05) is 42.5 Å². The summed E-state index contributed by atoms with van der Waals surface area (Å²) in [6, 6.07) is 14.6. The molecule has 1 aliphatic carbocycles. The van der Waals surface area contributed by atoms with E-state index in [9.17, 15) is 14.4 Å². The summed E-state index contributed by atoms with van der Waals surface area (Å²) in [5.74, 6) is 0.252. The molecule has 7 heteroatoms. The minimum absolute atomic E-state index is 0.185. The molecule has 1 aliphatic heterocycles. The molecule has 2 aromatic carbocycles. The molecule has 1 spiro atoms. The maximum atomic E-state index is 13.4. The van der Waals surface area contributed by atoms with Crippen LogP contribution in [0.3, 0.4) is 0 Å². The number of nitrogens with zero attached hydrogens (tertiary/aromatic N) is 1. The van der Waals surface area contributed by atoms with Crippen LogP contribution in [0.2, 0.25) is 0 Å². The molecule has 168 valence electrons. The van der Waals surface area contributed by atoms with Crippen molar-refractivity contribution in [2.75, 3.05) is 13.7 Å². The largest absolute Gasteiger partial charge is 0.497 e. The first-order chi connectivity index (χ1) is 15.3. The van der Waals surface area contributed by atoms with Crippen molar-refractivity contribution < 1.29 is 19.1 Å². The predicted molar refractivity (Wildman–Crippen MR) is 120 cm³/mol. The summed E-state index contributed by atoms with van der Waals surface area (Å²) in [7, 11) is 1.56. The third kappa shape index (κ3) is 3.95. The first kappa shape index (κ1) is 21.9. The smallest absolute Gasteiger partial charge is 0.325 e. The van der Waals surface area contributed by atoms with Gasteiger partial charge >= 0.3 is 6.03 Å². The molecule has 0 saturated carbocycles. The Morgan fingerprint density at radius 1 is 1.19 bits per heavy atom. The lowest BCUT2D eigenvalue weighted by Crippen LogP contribution is -2.44. The normalized spacial score (nSPS) is 20.4. The van der Waals surface area contributed by atoms with Gasteiger partial charge in [0.15, 0.2) is 0 Å². The van der Waals surface area contributed by atoms with Crippen molar-refractivity contribution in [3.8, 4) is 5.75 Å². The van der Waals surface area contributed by atoms with E-state index in [1.54, 1.807) is 13.2 Å². The summed E-state index contributed by atoms with van der Waals surface area (Å²) in [5.41, 5.74) is 1.63. The van der Waals surface area contributed by atoms with E-state index in [4.69, 9.17) is 4.74 Å². The minimum atomic E-state index is -1.13. The number of urea groups is 1. The van der Waals surface area contributed by atoms with Crippen molar-refractivity contribution in [3.63, 3.8) is 0 Å². The van der Waals surface area contributed by atoms with Gasteiger partial charge in [0.25, 0.3) is 5.91 Å². The number of fused-ring (bicyclic) bond motifs is 2. The van der Waals surface area contributed by atoms with Gasteiger partial charge in [-0.1, -0.05) is 50.2 Å². The molecule has 2 atom stereocenters. The van der Waals surface area contributed by atoms with Crippen LogP contribution in [0.1, 0.15) is 49.4 Å². The number of imide groups is 1. The highest BCUT2D eigenvalue weighted by Crippen LogP contribution is 2.42. The van der Waals surface area contributed by atoms with Crippen molar-refractivity contribution in [3.05, 3.63) is 65.2 Å². The Balaban J connectivity index is 1.51.